The van der Waals surface area contributed by atoms with Gasteiger partial charge in [0.25, 0.3) is 0 Å². The maximum Gasteiger partial charge on any atom is 0.223 e. The quantitative estimate of drug-likeness (QED) is 0.805. The summed E-state index contributed by atoms with van der Waals surface area (Å²) < 4.78 is 5.56. The van der Waals surface area contributed by atoms with Gasteiger partial charge in [0.15, 0.2) is 0 Å². The lowest BCUT2D eigenvalue weighted by Crippen LogP contribution is -2.38. The molecule has 0 aliphatic heterocycles. The first-order valence-corrected chi connectivity index (χ1v) is 6.22. The van der Waals surface area contributed by atoms with Crippen LogP contribution in [-0.4, -0.2) is 25.1 Å². The van der Waals surface area contributed by atoms with E-state index in [1.54, 1.807) is 0 Å². The minimum absolute atomic E-state index is 0.0127. The van der Waals surface area contributed by atoms with E-state index in [1.165, 1.54) is 0 Å². The van der Waals surface area contributed by atoms with Crippen LogP contribution < -0.4 is 15.8 Å². The zero-order chi connectivity index (χ0) is 13.5. The van der Waals surface area contributed by atoms with E-state index in [4.69, 9.17) is 10.5 Å². The third-order valence-corrected chi connectivity index (χ3v) is 2.55. The Hall–Kier alpha value is -1.55. The van der Waals surface area contributed by atoms with Crippen molar-refractivity contribution in [1.29, 1.82) is 0 Å². The number of rotatable bonds is 6. The second-order valence-corrected chi connectivity index (χ2v) is 4.63. The molecule has 0 heterocycles. The zero-order valence-electron chi connectivity index (χ0n) is 11.3. The lowest BCUT2D eigenvalue weighted by atomic mass is 10.1. The van der Waals surface area contributed by atoms with Crippen molar-refractivity contribution in [3.05, 3.63) is 29.3 Å². The maximum absolute atomic E-state index is 11.5. The Morgan fingerprint density at radius 2 is 1.94 bits per heavy atom. The van der Waals surface area contributed by atoms with Gasteiger partial charge in [-0.25, -0.2) is 0 Å². The average molecular weight is 250 g/mol. The molecular weight excluding hydrogens is 228 g/mol. The highest BCUT2D eigenvalue weighted by Crippen LogP contribution is 2.16. The standard InChI is InChI=1S/C14H22N2O2/c1-10-6-11(2)8-13(7-10)18-5-4-14(17)16-12(3)9-15/h6-8,12H,4-5,9,15H2,1-3H3,(H,16,17). The van der Waals surface area contributed by atoms with Gasteiger partial charge in [-0.05, 0) is 44.0 Å². The highest BCUT2D eigenvalue weighted by Gasteiger charge is 2.05. The monoisotopic (exact) mass is 250 g/mol. The van der Waals surface area contributed by atoms with Gasteiger partial charge in [-0.15, -0.1) is 0 Å². The van der Waals surface area contributed by atoms with Crippen molar-refractivity contribution in [2.24, 2.45) is 5.73 Å². The number of nitrogens with one attached hydrogen (secondary N) is 1. The van der Waals surface area contributed by atoms with Gasteiger partial charge in [-0.2, -0.15) is 0 Å². The number of hydrogen-bond donors (Lipinski definition) is 2. The van der Waals surface area contributed by atoms with Crippen LogP contribution in [-0.2, 0) is 4.79 Å². The fourth-order valence-corrected chi connectivity index (χ4v) is 1.68. The Kier molecular flexibility index (Phi) is 5.65. The van der Waals surface area contributed by atoms with Crippen LogP contribution in [0.3, 0.4) is 0 Å². The molecule has 0 saturated heterocycles. The molecule has 0 spiro atoms. The molecule has 4 heteroatoms. The summed E-state index contributed by atoms with van der Waals surface area (Å²) in [5, 5.41) is 2.79. The fourth-order valence-electron chi connectivity index (χ4n) is 1.68. The van der Waals surface area contributed by atoms with E-state index in [2.05, 4.69) is 11.4 Å². The molecule has 1 atom stereocenters. The van der Waals surface area contributed by atoms with Crippen LogP contribution >= 0.6 is 0 Å². The SMILES string of the molecule is Cc1cc(C)cc(OCCC(=O)NC(C)CN)c1. The number of carbonyl (C=O) groups is 1. The molecule has 0 fully saturated rings. The summed E-state index contributed by atoms with van der Waals surface area (Å²) >= 11 is 0. The van der Waals surface area contributed by atoms with Crippen molar-refractivity contribution < 1.29 is 9.53 Å². The smallest absolute Gasteiger partial charge is 0.223 e. The van der Waals surface area contributed by atoms with Gasteiger partial charge in [-0.3, -0.25) is 4.79 Å². The molecule has 0 radical (unpaired) electrons. The molecule has 18 heavy (non-hydrogen) atoms. The predicted molar refractivity (Wildman–Crippen MR) is 72.7 cm³/mol. The van der Waals surface area contributed by atoms with Crippen molar-refractivity contribution in [2.75, 3.05) is 13.2 Å². The molecule has 0 bridgehead atoms. The highest BCUT2D eigenvalue weighted by molar-refractivity contribution is 5.76. The topological polar surface area (TPSA) is 64.3 Å². The molecule has 0 aliphatic carbocycles. The molecule has 1 aromatic carbocycles. The molecule has 0 aliphatic rings. The molecular formula is C14H22N2O2. The lowest BCUT2D eigenvalue weighted by molar-refractivity contribution is -0.122. The third kappa shape index (κ3) is 5.19. The first-order chi connectivity index (χ1) is 8.51. The Bertz CT molecular complexity index is 385. The summed E-state index contributed by atoms with van der Waals surface area (Å²) in [5.74, 6) is 0.782. The van der Waals surface area contributed by atoms with Crippen molar-refractivity contribution in [2.45, 2.75) is 33.2 Å². The van der Waals surface area contributed by atoms with E-state index < -0.39 is 0 Å². The highest BCUT2D eigenvalue weighted by atomic mass is 16.5. The van der Waals surface area contributed by atoms with Crippen LogP contribution in [0.4, 0.5) is 0 Å². The van der Waals surface area contributed by atoms with Crippen molar-refractivity contribution in [3.63, 3.8) is 0 Å². The number of amides is 1. The summed E-state index contributed by atoms with van der Waals surface area (Å²) in [6, 6.07) is 6.03. The summed E-state index contributed by atoms with van der Waals surface area (Å²) in [6.07, 6.45) is 0.345. The Morgan fingerprint density at radius 3 is 2.50 bits per heavy atom. The minimum atomic E-state index is -0.0303. The van der Waals surface area contributed by atoms with Crippen molar-refractivity contribution >= 4 is 5.91 Å². The second kappa shape index (κ2) is 7.01. The van der Waals surface area contributed by atoms with Crippen LogP contribution in [0.15, 0.2) is 18.2 Å². The Balaban J connectivity index is 2.35. The zero-order valence-corrected chi connectivity index (χ0v) is 11.3. The average Bonchev–Trinajstić information content (AvgIpc) is 2.27. The largest absolute Gasteiger partial charge is 0.493 e. The fraction of sp³-hybridized carbons (Fsp3) is 0.500. The van der Waals surface area contributed by atoms with E-state index >= 15 is 0 Å². The van der Waals surface area contributed by atoms with E-state index in [-0.39, 0.29) is 11.9 Å². The summed E-state index contributed by atoms with van der Waals surface area (Å²) in [5.41, 5.74) is 7.74. The first kappa shape index (κ1) is 14.5. The normalized spacial score (nSPS) is 12.0. The molecule has 0 saturated carbocycles. The van der Waals surface area contributed by atoms with E-state index in [1.807, 2.05) is 32.9 Å². The van der Waals surface area contributed by atoms with Crippen LogP contribution in [0.25, 0.3) is 0 Å². The third-order valence-electron chi connectivity index (χ3n) is 2.55. The minimum Gasteiger partial charge on any atom is -0.493 e. The molecule has 0 aromatic heterocycles. The van der Waals surface area contributed by atoms with Gasteiger partial charge < -0.3 is 15.8 Å². The van der Waals surface area contributed by atoms with Crippen LogP contribution in [0, 0.1) is 13.8 Å². The van der Waals surface area contributed by atoms with Gasteiger partial charge in [0.1, 0.15) is 5.75 Å². The van der Waals surface area contributed by atoms with Gasteiger partial charge >= 0.3 is 0 Å². The Labute approximate surface area is 109 Å². The Morgan fingerprint density at radius 1 is 1.33 bits per heavy atom. The predicted octanol–water partition coefficient (Wildman–Crippen LogP) is 1.54. The number of nitrogens with two attached hydrogens (primary N) is 1. The van der Waals surface area contributed by atoms with Gasteiger partial charge in [0, 0.05) is 12.6 Å². The number of carbonyl (C=O) groups excluding carboxylic acids is 1. The van der Waals surface area contributed by atoms with E-state index in [0.29, 0.717) is 19.6 Å². The van der Waals surface area contributed by atoms with E-state index in [0.717, 1.165) is 16.9 Å². The molecule has 100 valence electrons. The number of benzene rings is 1. The molecule has 3 N–H and O–H groups in total. The van der Waals surface area contributed by atoms with Crippen LogP contribution in [0.2, 0.25) is 0 Å². The molecule has 1 amide bonds. The molecule has 1 rings (SSSR count). The van der Waals surface area contributed by atoms with Gasteiger partial charge in [-0.1, -0.05) is 6.07 Å². The van der Waals surface area contributed by atoms with Crippen LogP contribution in [0.5, 0.6) is 5.75 Å². The maximum atomic E-state index is 11.5. The van der Waals surface area contributed by atoms with Crippen molar-refractivity contribution in [3.8, 4) is 5.75 Å². The molecule has 1 unspecified atom stereocenters. The number of hydrogen-bond acceptors (Lipinski definition) is 3. The second-order valence-electron chi connectivity index (χ2n) is 4.63. The lowest BCUT2D eigenvalue weighted by Gasteiger charge is -2.12. The van der Waals surface area contributed by atoms with Gasteiger partial charge in [0.2, 0.25) is 5.91 Å². The molecule has 4 nitrogen and oxygen atoms in total. The summed E-state index contributed by atoms with van der Waals surface area (Å²) in [6.45, 7) is 6.75. The van der Waals surface area contributed by atoms with Gasteiger partial charge in [0.05, 0.1) is 13.0 Å². The number of aryl methyl sites for hydroxylation is 2. The summed E-state index contributed by atoms with van der Waals surface area (Å²) in [4.78, 5) is 11.5. The summed E-state index contributed by atoms with van der Waals surface area (Å²) in [7, 11) is 0. The molecule has 1 aromatic rings. The van der Waals surface area contributed by atoms with Crippen LogP contribution in [0.1, 0.15) is 24.5 Å². The first-order valence-electron chi connectivity index (χ1n) is 6.22. The van der Waals surface area contributed by atoms with Crippen molar-refractivity contribution in [1.82, 2.24) is 5.32 Å². The number of ether oxygens (including phenoxy) is 1. The van der Waals surface area contributed by atoms with E-state index in [9.17, 15) is 4.79 Å².